The second kappa shape index (κ2) is 12.2. The van der Waals surface area contributed by atoms with Crippen molar-refractivity contribution in [1.82, 2.24) is 10.2 Å². The lowest BCUT2D eigenvalue weighted by Crippen LogP contribution is -2.48. The van der Waals surface area contributed by atoms with Gasteiger partial charge in [0.25, 0.3) is 5.91 Å². The van der Waals surface area contributed by atoms with Crippen molar-refractivity contribution in [2.75, 3.05) is 19.6 Å². The number of carbonyl (C=O) groups excluding carboxylic acids is 1. The molecule has 0 bridgehead atoms. The van der Waals surface area contributed by atoms with E-state index in [1.165, 1.54) is 12.1 Å². The number of amides is 1. The van der Waals surface area contributed by atoms with Crippen LogP contribution in [0.1, 0.15) is 42.9 Å². The van der Waals surface area contributed by atoms with E-state index in [1.54, 1.807) is 54.6 Å². The number of rotatable bonds is 10. The number of ether oxygens (including phenoxy) is 1. The number of nitrogens with zero attached hydrogens (tertiary/aromatic N) is 2. The molecule has 0 radical (unpaired) electrons. The minimum Gasteiger partial charge on any atom is -0.489 e. The van der Waals surface area contributed by atoms with Gasteiger partial charge < -0.3 is 25.3 Å². The van der Waals surface area contributed by atoms with Crippen molar-refractivity contribution in [3.8, 4) is 16.9 Å². The molecule has 3 N–H and O–H groups in total. The predicted octanol–water partition coefficient (Wildman–Crippen LogP) is 5.18. The average Bonchev–Trinajstić information content (AvgIpc) is 3.62. The van der Waals surface area contributed by atoms with Gasteiger partial charge in [0, 0.05) is 12.1 Å². The molecule has 3 aromatic carbocycles. The molecule has 39 heavy (non-hydrogen) atoms. The quantitative estimate of drug-likeness (QED) is 0.183. The van der Waals surface area contributed by atoms with E-state index in [-0.39, 0.29) is 17.6 Å². The summed E-state index contributed by atoms with van der Waals surface area (Å²) in [7, 11) is 0. The van der Waals surface area contributed by atoms with Crippen molar-refractivity contribution in [2.24, 2.45) is 5.16 Å². The van der Waals surface area contributed by atoms with Gasteiger partial charge in [-0.25, -0.2) is 4.39 Å². The van der Waals surface area contributed by atoms with Gasteiger partial charge in [-0.1, -0.05) is 59.2 Å². The fourth-order valence-corrected chi connectivity index (χ4v) is 5.03. The first-order chi connectivity index (χ1) is 18.9. The van der Waals surface area contributed by atoms with Crippen LogP contribution in [0.15, 0.2) is 71.9 Å². The number of carbonyl (C=O) groups is 1. The Morgan fingerprint density at radius 1 is 1.05 bits per heavy atom. The Morgan fingerprint density at radius 2 is 1.69 bits per heavy atom. The number of likely N-dealkylation sites (tertiary alicyclic amines) is 1. The highest BCUT2D eigenvalue weighted by atomic mass is 35.5. The molecule has 2 fully saturated rings. The van der Waals surface area contributed by atoms with E-state index in [2.05, 4.69) is 15.4 Å². The first-order valence-corrected chi connectivity index (χ1v) is 13.5. The normalized spacial score (nSPS) is 17.6. The van der Waals surface area contributed by atoms with Gasteiger partial charge in [0.1, 0.15) is 17.7 Å². The Labute approximate surface area is 231 Å². The highest BCUT2D eigenvalue weighted by Gasteiger charge is 2.30. The van der Waals surface area contributed by atoms with Crippen molar-refractivity contribution >= 4 is 23.2 Å². The van der Waals surface area contributed by atoms with Crippen LogP contribution in [0.3, 0.4) is 0 Å². The first-order valence-electron chi connectivity index (χ1n) is 13.2. The van der Waals surface area contributed by atoms with Gasteiger partial charge in [0.15, 0.2) is 5.71 Å². The Hall–Kier alpha value is -3.46. The van der Waals surface area contributed by atoms with Crippen LogP contribution in [0, 0.1) is 5.82 Å². The van der Waals surface area contributed by atoms with E-state index >= 15 is 0 Å². The maximum atomic E-state index is 13.3. The minimum atomic E-state index is -1.05. The summed E-state index contributed by atoms with van der Waals surface area (Å²) in [6.07, 6.45) is 3.27. The molecule has 204 valence electrons. The van der Waals surface area contributed by atoms with E-state index < -0.39 is 18.1 Å². The molecule has 0 unspecified atom stereocenters. The lowest BCUT2D eigenvalue weighted by atomic mass is 9.99. The molecule has 1 heterocycles. The van der Waals surface area contributed by atoms with Crippen LogP contribution in [-0.2, 0) is 4.79 Å². The number of aliphatic hydroxyl groups is 1. The maximum absolute atomic E-state index is 13.3. The molecule has 1 aliphatic carbocycles. The fraction of sp³-hybridized carbons (Fsp3) is 0.333. The third kappa shape index (κ3) is 6.76. The van der Waals surface area contributed by atoms with E-state index in [9.17, 15) is 19.5 Å². The molecule has 9 heteroatoms. The highest BCUT2D eigenvalue weighted by molar-refractivity contribution is 6.45. The van der Waals surface area contributed by atoms with Crippen LogP contribution in [0.5, 0.6) is 5.75 Å². The number of hydrogen-bond acceptors (Lipinski definition) is 6. The number of benzene rings is 3. The Bertz CT molecular complexity index is 1320. The van der Waals surface area contributed by atoms with E-state index in [4.69, 9.17) is 16.3 Å². The largest absolute Gasteiger partial charge is 0.489 e. The SMILES string of the molecule is O=C(N[C@H](CN1CCCC1)[C@H](O)c1ccc(OC2CC2)c(Cl)c1)/C(=N/O)c1ccc(-c2ccc(F)cc2)cc1. The zero-order valence-corrected chi connectivity index (χ0v) is 22.1. The highest BCUT2D eigenvalue weighted by Crippen LogP contribution is 2.34. The van der Waals surface area contributed by atoms with Gasteiger partial charge in [-0.3, -0.25) is 4.79 Å². The molecular formula is C30H31ClFN3O4. The van der Waals surface area contributed by atoms with Crippen LogP contribution in [0.2, 0.25) is 5.02 Å². The van der Waals surface area contributed by atoms with Crippen LogP contribution < -0.4 is 10.1 Å². The van der Waals surface area contributed by atoms with E-state index in [0.29, 0.717) is 28.4 Å². The van der Waals surface area contributed by atoms with Crippen molar-refractivity contribution in [3.63, 3.8) is 0 Å². The topological polar surface area (TPSA) is 94.4 Å². The first kappa shape index (κ1) is 27.1. The van der Waals surface area contributed by atoms with Crippen LogP contribution >= 0.6 is 11.6 Å². The average molecular weight is 552 g/mol. The molecule has 0 spiro atoms. The summed E-state index contributed by atoms with van der Waals surface area (Å²) in [5.41, 5.74) is 2.42. The van der Waals surface area contributed by atoms with E-state index in [0.717, 1.165) is 49.9 Å². The number of aliphatic hydroxyl groups excluding tert-OH is 1. The molecule has 7 nitrogen and oxygen atoms in total. The summed E-state index contributed by atoms with van der Waals surface area (Å²) in [5.74, 6) is -0.360. The van der Waals surface area contributed by atoms with Gasteiger partial charge >= 0.3 is 0 Å². The number of hydrogen-bond donors (Lipinski definition) is 3. The second-order valence-corrected chi connectivity index (χ2v) is 10.5. The van der Waals surface area contributed by atoms with Crippen molar-refractivity contribution in [3.05, 3.63) is 88.7 Å². The van der Waals surface area contributed by atoms with Gasteiger partial charge in [-0.15, -0.1) is 0 Å². The Kier molecular flexibility index (Phi) is 8.45. The number of oxime groups is 1. The summed E-state index contributed by atoms with van der Waals surface area (Å²) in [5, 5.41) is 27.6. The molecule has 1 saturated carbocycles. The fourth-order valence-electron chi connectivity index (χ4n) is 4.80. The van der Waals surface area contributed by atoms with Crippen LogP contribution in [-0.4, -0.2) is 58.6 Å². The van der Waals surface area contributed by atoms with Gasteiger partial charge in [0.05, 0.1) is 17.2 Å². The molecule has 1 saturated heterocycles. The van der Waals surface area contributed by atoms with Crippen molar-refractivity contribution in [2.45, 2.75) is 43.9 Å². The predicted molar refractivity (Wildman–Crippen MR) is 148 cm³/mol. The third-order valence-corrected chi connectivity index (χ3v) is 7.41. The summed E-state index contributed by atoms with van der Waals surface area (Å²) in [6.45, 7) is 2.17. The summed E-state index contributed by atoms with van der Waals surface area (Å²) < 4.78 is 19.1. The molecule has 1 aliphatic heterocycles. The molecule has 2 atom stereocenters. The van der Waals surface area contributed by atoms with Gasteiger partial charge in [0.2, 0.25) is 0 Å². The monoisotopic (exact) mass is 551 g/mol. The third-order valence-electron chi connectivity index (χ3n) is 7.12. The molecule has 3 aromatic rings. The Morgan fingerprint density at radius 3 is 2.28 bits per heavy atom. The molecule has 5 rings (SSSR count). The second-order valence-electron chi connectivity index (χ2n) is 10.1. The molecular weight excluding hydrogens is 521 g/mol. The molecule has 0 aromatic heterocycles. The van der Waals surface area contributed by atoms with Crippen molar-refractivity contribution < 1.29 is 24.2 Å². The van der Waals surface area contributed by atoms with E-state index in [1.807, 2.05) is 0 Å². The lowest BCUT2D eigenvalue weighted by molar-refractivity contribution is -0.116. The lowest BCUT2D eigenvalue weighted by Gasteiger charge is -2.29. The molecule has 1 amide bonds. The zero-order chi connectivity index (χ0) is 27.4. The summed E-state index contributed by atoms with van der Waals surface area (Å²) in [4.78, 5) is 15.5. The Balaban J connectivity index is 1.32. The van der Waals surface area contributed by atoms with Gasteiger partial charge in [-0.2, -0.15) is 0 Å². The zero-order valence-electron chi connectivity index (χ0n) is 21.4. The van der Waals surface area contributed by atoms with Crippen LogP contribution in [0.25, 0.3) is 11.1 Å². The number of halogens is 2. The summed E-state index contributed by atoms with van der Waals surface area (Å²) >= 11 is 6.44. The summed E-state index contributed by atoms with van der Waals surface area (Å²) in [6, 6.07) is 17.4. The smallest absolute Gasteiger partial charge is 0.274 e. The van der Waals surface area contributed by atoms with Gasteiger partial charge in [-0.05, 0) is 79.7 Å². The van der Waals surface area contributed by atoms with Crippen LogP contribution in [0.4, 0.5) is 4.39 Å². The number of nitrogens with one attached hydrogen (secondary N) is 1. The minimum absolute atomic E-state index is 0.175. The molecule has 2 aliphatic rings. The van der Waals surface area contributed by atoms with Crippen molar-refractivity contribution in [1.29, 1.82) is 0 Å². The maximum Gasteiger partial charge on any atom is 0.274 e. The standard InChI is InChI=1S/C30H31ClFN3O4/c31-25-17-22(9-14-27(25)39-24-12-13-24)29(36)26(18-35-15-1-2-16-35)33-30(37)28(34-38)21-5-3-19(4-6-21)20-7-10-23(32)11-8-20/h3-11,14,17,24,26,29,36,38H,1-2,12-13,15-16,18H2,(H,33,37)/b34-28+/t26-,29-/m1/s1.